The number of anilines is 1. The number of hydrazine groups is 1. The van der Waals surface area contributed by atoms with Crippen molar-refractivity contribution in [3.8, 4) is 5.75 Å². The van der Waals surface area contributed by atoms with E-state index >= 15 is 0 Å². The Balaban J connectivity index is 1.22. The topological polar surface area (TPSA) is 133 Å². The minimum absolute atomic E-state index is 0.0283. The molecule has 12 nitrogen and oxygen atoms in total. The number of alkyl carbamates (subject to hydrolysis) is 1. The summed E-state index contributed by atoms with van der Waals surface area (Å²) in [5.74, 6) is 1.10. The first kappa shape index (κ1) is 32.3. The van der Waals surface area contributed by atoms with Crippen molar-refractivity contribution in [1.82, 2.24) is 25.6 Å². The smallest absolute Gasteiger partial charge is 0.407 e. The maximum Gasteiger partial charge on any atom is 0.407 e. The Hall–Kier alpha value is -4.68. The van der Waals surface area contributed by atoms with Gasteiger partial charge in [0.2, 0.25) is 0 Å². The van der Waals surface area contributed by atoms with E-state index in [1.807, 2.05) is 39.0 Å². The Morgan fingerprint density at radius 3 is 2.51 bits per heavy atom. The first-order chi connectivity index (χ1) is 22.6. The lowest BCUT2D eigenvalue weighted by molar-refractivity contribution is -0.119. The quantitative estimate of drug-likeness (QED) is 0.362. The normalized spacial score (nSPS) is 23.2. The zero-order chi connectivity index (χ0) is 33.1. The van der Waals surface area contributed by atoms with Gasteiger partial charge in [-0.3, -0.25) is 30.2 Å². The second-order valence-corrected chi connectivity index (χ2v) is 13.4. The number of halogens is 1. The molecule has 250 valence electrons. The van der Waals surface area contributed by atoms with Crippen molar-refractivity contribution in [3.05, 3.63) is 65.9 Å². The third-order valence-electron chi connectivity index (χ3n) is 8.57. The number of amidine groups is 2. The average molecular weight is 647 g/mol. The molecule has 3 N–H and O–H groups in total. The van der Waals surface area contributed by atoms with E-state index < -0.39 is 23.6 Å². The molecule has 1 unspecified atom stereocenters. The summed E-state index contributed by atoms with van der Waals surface area (Å²) >= 11 is 0. The average Bonchev–Trinajstić information content (AvgIpc) is 3.79. The molecule has 13 heteroatoms. The van der Waals surface area contributed by atoms with Gasteiger partial charge in [-0.1, -0.05) is 12.1 Å². The van der Waals surface area contributed by atoms with Crippen LogP contribution in [-0.2, 0) is 16.1 Å². The number of carbonyl (C=O) groups excluding carboxylic acids is 2. The molecule has 0 radical (unpaired) electrons. The Morgan fingerprint density at radius 2 is 1.85 bits per heavy atom. The van der Waals surface area contributed by atoms with Gasteiger partial charge in [-0.05, 0) is 83.1 Å². The number of hydrogen-bond acceptors (Lipinski definition) is 9. The molecule has 47 heavy (non-hydrogen) atoms. The van der Waals surface area contributed by atoms with Crippen molar-refractivity contribution < 1.29 is 23.5 Å². The number of nitrogens with one attached hydrogen (secondary N) is 3. The number of aliphatic imine (C=N–C) groups is 2. The number of fused-ring (bicyclic) bond motifs is 1. The number of ether oxygens (including phenoxy) is 2. The number of hydrogen-bond donors (Lipinski definition) is 3. The minimum Gasteiger partial charge on any atom is -0.497 e. The first-order valence-electron chi connectivity index (χ1n) is 16.3. The molecule has 1 atom stereocenters. The van der Waals surface area contributed by atoms with Gasteiger partial charge in [-0.25, -0.2) is 9.18 Å². The van der Waals surface area contributed by atoms with Crippen molar-refractivity contribution in [2.75, 3.05) is 19.0 Å². The van der Waals surface area contributed by atoms with E-state index in [0.717, 1.165) is 61.7 Å². The minimum atomic E-state index is -0.720. The molecule has 0 spiro atoms. The number of benzene rings is 1. The second-order valence-electron chi connectivity index (χ2n) is 13.4. The van der Waals surface area contributed by atoms with E-state index in [-0.39, 0.29) is 30.2 Å². The summed E-state index contributed by atoms with van der Waals surface area (Å²) in [6.45, 7) is 6.40. The van der Waals surface area contributed by atoms with Crippen LogP contribution >= 0.6 is 0 Å². The lowest BCUT2D eigenvalue weighted by Gasteiger charge is -2.38. The van der Waals surface area contributed by atoms with Gasteiger partial charge in [0.25, 0.3) is 5.91 Å². The third kappa shape index (κ3) is 8.01. The summed E-state index contributed by atoms with van der Waals surface area (Å²) in [7, 11) is 1.65. The van der Waals surface area contributed by atoms with E-state index in [1.165, 1.54) is 12.3 Å². The Labute approximate surface area is 274 Å². The predicted molar refractivity (Wildman–Crippen MR) is 176 cm³/mol. The molecule has 1 aromatic heterocycles. The number of amides is 2. The van der Waals surface area contributed by atoms with Crippen molar-refractivity contribution in [3.63, 3.8) is 0 Å². The third-order valence-corrected chi connectivity index (χ3v) is 8.57. The molecule has 0 bridgehead atoms. The van der Waals surface area contributed by atoms with Crippen molar-refractivity contribution in [2.24, 2.45) is 9.98 Å². The monoisotopic (exact) mass is 646 g/mol. The highest BCUT2D eigenvalue weighted by Crippen LogP contribution is 2.35. The molecule has 2 aromatic rings. The molecule has 0 saturated heterocycles. The van der Waals surface area contributed by atoms with Gasteiger partial charge in [-0.15, -0.1) is 0 Å². The fraction of sp³-hybridized carbons (Fsp3) is 0.500. The summed E-state index contributed by atoms with van der Waals surface area (Å²) < 4.78 is 25.2. The molecule has 2 aliphatic carbocycles. The maximum atomic E-state index is 14.4. The highest BCUT2D eigenvalue weighted by Gasteiger charge is 2.43. The number of nitrogens with zero attached hydrogens (tertiary/aromatic N) is 5. The SMILES string of the molecule is COc1ccc(CN(C2=CC(=NC3CCC(NC(=O)OC(C)(C)C)CC3)NN3C2=NCC3C(=O)Nc2ccncc2F)C2CC2)cc1. The Morgan fingerprint density at radius 1 is 1.11 bits per heavy atom. The van der Waals surface area contributed by atoms with Crippen LogP contribution < -0.4 is 20.8 Å². The predicted octanol–water partition coefficient (Wildman–Crippen LogP) is 4.55. The zero-order valence-electron chi connectivity index (χ0n) is 27.3. The summed E-state index contributed by atoms with van der Waals surface area (Å²) in [4.78, 5) is 41.9. The fourth-order valence-electron chi connectivity index (χ4n) is 6.08. The zero-order valence-corrected chi connectivity index (χ0v) is 27.3. The standard InChI is InChI=1S/C34H43FN8O4/c1-34(2,3)47-33(45)39-23-9-7-22(8-10-23)38-30-17-28(42(24-11-12-24)20-21-5-13-25(46-4)14-6-21)31-37-19-29(43(31)41-30)32(44)40-27-15-16-36-18-26(27)35/h5-6,13-18,22-24,29H,7-12,19-20H2,1-4H3,(H,38,41)(H,39,45)(H,36,40,44). The summed E-state index contributed by atoms with van der Waals surface area (Å²) in [6.07, 6.45) is 9.39. The van der Waals surface area contributed by atoms with Crippen LogP contribution in [0.5, 0.6) is 5.75 Å². The summed E-state index contributed by atoms with van der Waals surface area (Å²) in [5.41, 5.74) is 4.90. The van der Waals surface area contributed by atoms with E-state index in [9.17, 15) is 14.0 Å². The molecule has 2 fully saturated rings. The molecule has 1 aromatic carbocycles. The molecular formula is C34H43FN8O4. The number of carbonyl (C=O) groups is 2. The summed E-state index contributed by atoms with van der Waals surface area (Å²) in [5, 5.41) is 7.47. The Kier molecular flexibility index (Phi) is 9.33. The number of aromatic nitrogens is 1. The lowest BCUT2D eigenvalue weighted by atomic mass is 9.91. The maximum absolute atomic E-state index is 14.4. The highest BCUT2D eigenvalue weighted by atomic mass is 19.1. The number of methoxy groups -OCH3 is 1. The molecule has 2 aliphatic heterocycles. The van der Waals surface area contributed by atoms with Crippen LogP contribution in [0.4, 0.5) is 14.9 Å². The van der Waals surface area contributed by atoms with Crippen LogP contribution in [0.2, 0.25) is 0 Å². The molecule has 2 amide bonds. The van der Waals surface area contributed by atoms with Gasteiger partial charge in [0, 0.05) is 30.9 Å². The van der Waals surface area contributed by atoms with E-state index in [0.29, 0.717) is 24.3 Å². The first-order valence-corrected chi connectivity index (χ1v) is 16.3. The van der Waals surface area contributed by atoms with E-state index in [4.69, 9.17) is 19.5 Å². The van der Waals surface area contributed by atoms with Crippen LogP contribution in [0.3, 0.4) is 0 Å². The van der Waals surface area contributed by atoms with Gasteiger partial charge in [-0.2, -0.15) is 0 Å². The van der Waals surface area contributed by atoms with Crippen LogP contribution in [0.1, 0.15) is 64.9 Å². The van der Waals surface area contributed by atoms with Gasteiger partial charge in [0.1, 0.15) is 17.2 Å². The molecule has 3 heterocycles. The lowest BCUT2D eigenvalue weighted by Crippen LogP contribution is -2.58. The van der Waals surface area contributed by atoms with E-state index in [1.54, 1.807) is 12.1 Å². The van der Waals surface area contributed by atoms with Crippen LogP contribution in [0.25, 0.3) is 0 Å². The second kappa shape index (κ2) is 13.6. The number of pyridine rings is 1. The van der Waals surface area contributed by atoms with Crippen LogP contribution in [-0.4, -0.2) is 82.0 Å². The van der Waals surface area contributed by atoms with Gasteiger partial charge >= 0.3 is 6.09 Å². The molecule has 4 aliphatic rings. The highest BCUT2D eigenvalue weighted by molar-refractivity contribution is 6.12. The molecular weight excluding hydrogens is 603 g/mol. The van der Waals surface area contributed by atoms with Gasteiger partial charge < -0.3 is 25.0 Å². The van der Waals surface area contributed by atoms with Gasteiger partial charge in [0.05, 0.1) is 37.3 Å². The van der Waals surface area contributed by atoms with Crippen LogP contribution in [0, 0.1) is 5.82 Å². The van der Waals surface area contributed by atoms with Crippen molar-refractivity contribution in [1.29, 1.82) is 0 Å². The largest absolute Gasteiger partial charge is 0.497 e. The molecule has 6 rings (SSSR count). The van der Waals surface area contributed by atoms with Crippen molar-refractivity contribution >= 4 is 29.4 Å². The van der Waals surface area contributed by atoms with E-state index in [2.05, 4.69) is 38.1 Å². The fourth-order valence-corrected chi connectivity index (χ4v) is 6.08. The van der Waals surface area contributed by atoms with Gasteiger partial charge in [0.15, 0.2) is 17.7 Å². The molecule has 2 saturated carbocycles. The van der Waals surface area contributed by atoms with Crippen molar-refractivity contribution in [2.45, 2.75) is 95.6 Å². The van der Waals surface area contributed by atoms with Crippen LogP contribution in [0.15, 0.2) is 64.5 Å². The summed E-state index contributed by atoms with van der Waals surface area (Å²) in [6, 6.07) is 9.13. The number of rotatable bonds is 9. The Bertz CT molecular complexity index is 1560.